The molecule has 0 heterocycles. The average Bonchev–Trinajstić information content (AvgIpc) is 2.26. The molecule has 0 spiro atoms. The smallest absolute Gasteiger partial charge is 0.305 e. The van der Waals surface area contributed by atoms with E-state index >= 15 is 0 Å². The molecule has 0 aliphatic heterocycles. The number of amides is 1. The second kappa shape index (κ2) is 6.33. The fourth-order valence-electron chi connectivity index (χ4n) is 1.59. The zero-order chi connectivity index (χ0) is 14.5. The predicted octanol–water partition coefficient (Wildman–Crippen LogP) is 0.363. The molecule has 0 saturated carbocycles. The lowest BCUT2D eigenvalue weighted by Gasteiger charge is -2.17. The highest BCUT2D eigenvalue weighted by Gasteiger charge is 2.19. The van der Waals surface area contributed by atoms with Crippen LogP contribution in [-0.2, 0) is 19.4 Å². The molecule has 7 heteroatoms. The Hall–Kier alpha value is -1.89. The summed E-state index contributed by atoms with van der Waals surface area (Å²) in [6, 6.07) is 7.80. The molecule has 1 amide bonds. The van der Waals surface area contributed by atoms with E-state index in [4.69, 9.17) is 5.11 Å². The molecule has 0 bridgehead atoms. The molecular weight excluding hydrogens is 270 g/mol. The number of nitrogens with one attached hydrogen (secondary N) is 1. The third-order valence-corrected chi connectivity index (χ3v) is 3.10. The maximum absolute atomic E-state index is 11.5. The van der Waals surface area contributed by atoms with E-state index in [1.807, 2.05) is 0 Å². The van der Waals surface area contributed by atoms with E-state index in [0.717, 1.165) is 6.26 Å². The molecule has 1 atom stereocenters. The maximum Gasteiger partial charge on any atom is 0.305 e. The van der Waals surface area contributed by atoms with Crippen molar-refractivity contribution in [3.63, 3.8) is 0 Å². The second-order valence-electron chi connectivity index (χ2n) is 4.20. The third kappa shape index (κ3) is 6.01. The Morgan fingerprint density at radius 2 is 1.84 bits per heavy atom. The Morgan fingerprint density at radius 1 is 1.26 bits per heavy atom. The normalized spacial score (nSPS) is 12.7. The van der Waals surface area contributed by atoms with Crippen LogP contribution in [0.5, 0.6) is 0 Å². The largest absolute Gasteiger partial charge is 0.481 e. The van der Waals surface area contributed by atoms with Crippen molar-refractivity contribution in [2.45, 2.75) is 12.5 Å². The molecule has 6 nitrogen and oxygen atoms in total. The lowest BCUT2D eigenvalue weighted by atomic mass is 10.0. The first-order valence-electron chi connectivity index (χ1n) is 5.52. The zero-order valence-corrected chi connectivity index (χ0v) is 11.2. The summed E-state index contributed by atoms with van der Waals surface area (Å²) >= 11 is 0. The zero-order valence-electron chi connectivity index (χ0n) is 10.4. The second-order valence-corrected chi connectivity index (χ2v) is 6.34. The minimum absolute atomic E-state index is 0.306. The summed E-state index contributed by atoms with van der Waals surface area (Å²) in [6.07, 6.45) is 0.640. The van der Waals surface area contributed by atoms with Crippen molar-refractivity contribution >= 4 is 21.7 Å². The van der Waals surface area contributed by atoms with Gasteiger partial charge in [0, 0.05) is 6.26 Å². The van der Waals surface area contributed by atoms with Gasteiger partial charge in [0.1, 0.15) is 5.75 Å². The number of hydrogen-bond acceptors (Lipinski definition) is 4. The van der Waals surface area contributed by atoms with Gasteiger partial charge in [-0.25, -0.2) is 8.42 Å². The number of rotatable bonds is 6. The fourth-order valence-corrected chi connectivity index (χ4v) is 2.15. The molecule has 0 aromatic heterocycles. The van der Waals surface area contributed by atoms with Crippen molar-refractivity contribution in [2.75, 3.05) is 12.0 Å². The van der Waals surface area contributed by atoms with Crippen LogP contribution < -0.4 is 5.32 Å². The van der Waals surface area contributed by atoms with Crippen LogP contribution >= 0.6 is 0 Å². The maximum atomic E-state index is 11.5. The van der Waals surface area contributed by atoms with Crippen molar-refractivity contribution < 1.29 is 23.1 Å². The number of sulfone groups is 1. The van der Waals surface area contributed by atoms with E-state index < -0.39 is 33.5 Å². The van der Waals surface area contributed by atoms with E-state index in [0.29, 0.717) is 5.56 Å². The molecule has 1 aromatic rings. The van der Waals surface area contributed by atoms with Crippen LogP contribution in [0.3, 0.4) is 0 Å². The number of carbonyl (C=O) groups is 2. The molecule has 2 N–H and O–H groups in total. The Bertz CT molecular complexity index is 553. The van der Waals surface area contributed by atoms with Gasteiger partial charge in [-0.1, -0.05) is 30.3 Å². The molecular formula is C12H15NO5S. The molecule has 0 aliphatic carbocycles. The van der Waals surface area contributed by atoms with Crippen LogP contribution in [0.1, 0.15) is 18.0 Å². The third-order valence-electron chi connectivity index (χ3n) is 2.31. The Kier molecular flexibility index (Phi) is 5.05. The van der Waals surface area contributed by atoms with Gasteiger partial charge in [-0.15, -0.1) is 0 Å². The molecule has 1 aromatic carbocycles. The summed E-state index contributed by atoms with van der Waals surface area (Å²) in [5, 5.41) is 11.2. The SMILES string of the molecule is CS(=O)(=O)CC(=O)NC(CC(=O)O)c1ccccc1. The van der Waals surface area contributed by atoms with E-state index in [1.54, 1.807) is 30.3 Å². The van der Waals surface area contributed by atoms with Crippen molar-refractivity contribution in [3.8, 4) is 0 Å². The van der Waals surface area contributed by atoms with E-state index in [-0.39, 0.29) is 6.42 Å². The summed E-state index contributed by atoms with van der Waals surface area (Å²) in [5.41, 5.74) is 0.617. The summed E-state index contributed by atoms with van der Waals surface area (Å²) in [5.74, 6) is -2.44. The van der Waals surface area contributed by atoms with Crippen LogP contribution in [0.15, 0.2) is 30.3 Å². The van der Waals surface area contributed by atoms with Crippen LogP contribution in [0.25, 0.3) is 0 Å². The molecule has 1 rings (SSSR count). The number of hydrogen-bond donors (Lipinski definition) is 2. The van der Waals surface area contributed by atoms with Crippen LogP contribution in [0.2, 0.25) is 0 Å². The van der Waals surface area contributed by atoms with E-state index in [1.165, 1.54) is 0 Å². The van der Waals surface area contributed by atoms with Gasteiger partial charge in [-0.3, -0.25) is 9.59 Å². The summed E-state index contributed by atoms with van der Waals surface area (Å²) in [4.78, 5) is 22.3. The predicted molar refractivity (Wildman–Crippen MR) is 69.3 cm³/mol. The summed E-state index contributed by atoms with van der Waals surface area (Å²) < 4.78 is 22.0. The molecule has 0 fully saturated rings. The number of aliphatic carboxylic acids is 1. The summed E-state index contributed by atoms with van der Waals surface area (Å²) in [6.45, 7) is 0. The fraction of sp³-hybridized carbons (Fsp3) is 0.333. The van der Waals surface area contributed by atoms with E-state index in [9.17, 15) is 18.0 Å². The highest BCUT2D eigenvalue weighted by atomic mass is 32.2. The van der Waals surface area contributed by atoms with Crippen LogP contribution in [0.4, 0.5) is 0 Å². The van der Waals surface area contributed by atoms with Gasteiger partial charge in [0.15, 0.2) is 9.84 Å². The van der Waals surface area contributed by atoms with Crippen molar-refractivity contribution in [3.05, 3.63) is 35.9 Å². The Morgan fingerprint density at radius 3 is 2.32 bits per heavy atom. The van der Waals surface area contributed by atoms with Gasteiger partial charge in [-0.2, -0.15) is 0 Å². The number of carbonyl (C=O) groups excluding carboxylic acids is 1. The molecule has 0 aliphatic rings. The first-order chi connectivity index (χ1) is 8.78. The Balaban J connectivity index is 2.82. The van der Waals surface area contributed by atoms with E-state index in [2.05, 4.69) is 5.32 Å². The van der Waals surface area contributed by atoms with Gasteiger partial charge in [0.2, 0.25) is 5.91 Å². The van der Waals surface area contributed by atoms with Gasteiger partial charge in [-0.05, 0) is 5.56 Å². The molecule has 0 radical (unpaired) electrons. The molecule has 1 unspecified atom stereocenters. The number of carboxylic acid groups (broad SMARTS) is 1. The lowest BCUT2D eigenvalue weighted by molar-refractivity contribution is -0.137. The van der Waals surface area contributed by atoms with Crippen molar-refractivity contribution in [1.29, 1.82) is 0 Å². The standard InChI is InChI=1S/C12H15NO5S/c1-19(17,18)8-11(14)13-10(7-12(15)16)9-5-3-2-4-6-9/h2-6,10H,7-8H2,1H3,(H,13,14)(H,15,16). The lowest BCUT2D eigenvalue weighted by Crippen LogP contribution is -2.34. The van der Waals surface area contributed by atoms with Gasteiger partial charge in [0.25, 0.3) is 0 Å². The highest BCUT2D eigenvalue weighted by molar-refractivity contribution is 7.91. The van der Waals surface area contributed by atoms with Crippen molar-refractivity contribution in [2.24, 2.45) is 0 Å². The minimum Gasteiger partial charge on any atom is -0.481 e. The first kappa shape index (κ1) is 15.2. The number of benzene rings is 1. The quantitative estimate of drug-likeness (QED) is 0.786. The van der Waals surface area contributed by atoms with Gasteiger partial charge < -0.3 is 10.4 Å². The minimum atomic E-state index is -3.44. The van der Waals surface area contributed by atoms with Crippen molar-refractivity contribution in [1.82, 2.24) is 5.32 Å². The molecule has 19 heavy (non-hydrogen) atoms. The average molecular weight is 285 g/mol. The molecule has 0 saturated heterocycles. The first-order valence-corrected chi connectivity index (χ1v) is 7.58. The highest BCUT2D eigenvalue weighted by Crippen LogP contribution is 2.16. The van der Waals surface area contributed by atoms with Gasteiger partial charge >= 0.3 is 5.97 Å². The van der Waals surface area contributed by atoms with Gasteiger partial charge in [0.05, 0.1) is 12.5 Å². The number of carboxylic acids is 1. The topological polar surface area (TPSA) is 101 Å². The Labute approximate surface area is 111 Å². The van der Waals surface area contributed by atoms with Crippen LogP contribution in [-0.4, -0.2) is 37.4 Å². The monoisotopic (exact) mass is 285 g/mol. The molecule has 104 valence electrons. The summed E-state index contributed by atoms with van der Waals surface area (Å²) in [7, 11) is -3.44. The van der Waals surface area contributed by atoms with Crippen LogP contribution in [0, 0.1) is 0 Å².